The van der Waals surface area contributed by atoms with E-state index >= 15 is 0 Å². The lowest BCUT2D eigenvalue weighted by molar-refractivity contribution is 0.0791. The molecule has 1 fully saturated rings. The number of likely N-dealkylation sites (tertiary alicyclic amines) is 1. The standard InChI is InChI=1S/C15H18N4O/c1-11-8-17-19(9-11)14-4-2-12(3-5-14)15(20)18-7-6-13(16)10-18/h2-5,8-9,13H,6-7,10,16H2,1H3/t13-/m1/s1. The second-order valence-corrected chi connectivity index (χ2v) is 5.31. The molecule has 0 spiro atoms. The molecule has 0 saturated carbocycles. The Morgan fingerprint density at radius 2 is 2.10 bits per heavy atom. The second-order valence-electron chi connectivity index (χ2n) is 5.31. The summed E-state index contributed by atoms with van der Waals surface area (Å²) in [4.78, 5) is 14.1. The summed E-state index contributed by atoms with van der Waals surface area (Å²) in [6, 6.07) is 7.63. The normalized spacial score (nSPS) is 18.5. The fourth-order valence-electron chi connectivity index (χ4n) is 2.47. The minimum absolute atomic E-state index is 0.0566. The molecule has 20 heavy (non-hydrogen) atoms. The first-order valence-electron chi connectivity index (χ1n) is 6.80. The Hall–Kier alpha value is -2.14. The zero-order valence-corrected chi connectivity index (χ0v) is 11.5. The van der Waals surface area contributed by atoms with Crippen LogP contribution in [0.15, 0.2) is 36.7 Å². The van der Waals surface area contributed by atoms with E-state index in [0.717, 1.165) is 24.2 Å². The van der Waals surface area contributed by atoms with Gasteiger partial charge in [-0.05, 0) is 43.2 Å². The number of hydrogen-bond donors (Lipinski definition) is 1. The molecule has 104 valence electrons. The Morgan fingerprint density at radius 3 is 2.65 bits per heavy atom. The van der Waals surface area contributed by atoms with Crippen LogP contribution in [-0.4, -0.2) is 39.7 Å². The van der Waals surface area contributed by atoms with Gasteiger partial charge in [0, 0.05) is 30.9 Å². The van der Waals surface area contributed by atoms with Gasteiger partial charge in [0.1, 0.15) is 0 Å². The highest BCUT2D eigenvalue weighted by molar-refractivity contribution is 5.94. The first-order valence-corrected chi connectivity index (χ1v) is 6.80. The van der Waals surface area contributed by atoms with Gasteiger partial charge in [-0.25, -0.2) is 4.68 Å². The van der Waals surface area contributed by atoms with Crippen molar-refractivity contribution in [1.82, 2.24) is 14.7 Å². The number of aromatic nitrogens is 2. The van der Waals surface area contributed by atoms with E-state index in [4.69, 9.17) is 5.73 Å². The van der Waals surface area contributed by atoms with Gasteiger partial charge in [0.25, 0.3) is 5.91 Å². The number of aryl methyl sites for hydroxylation is 1. The summed E-state index contributed by atoms with van der Waals surface area (Å²) in [6.45, 7) is 3.40. The fourth-order valence-corrected chi connectivity index (χ4v) is 2.47. The molecule has 2 heterocycles. The minimum Gasteiger partial charge on any atom is -0.337 e. The van der Waals surface area contributed by atoms with Crippen molar-refractivity contribution in [2.45, 2.75) is 19.4 Å². The number of benzene rings is 1. The van der Waals surface area contributed by atoms with Gasteiger partial charge in [-0.1, -0.05) is 0 Å². The molecule has 1 atom stereocenters. The van der Waals surface area contributed by atoms with Crippen LogP contribution >= 0.6 is 0 Å². The first kappa shape index (κ1) is 12.9. The van der Waals surface area contributed by atoms with E-state index in [0.29, 0.717) is 12.1 Å². The maximum absolute atomic E-state index is 12.3. The molecule has 3 rings (SSSR count). The van der Waals surface area contributed by atoms with Crippen molar-refractivity contribution in [3.8, 4) is 5.69 Å². The van der Waals surface area contributed by atoms with Gasteiger partial charge in [0.15, 0.2) is 0 Å². The van der Waals surface area contributed by atoms with Crippen molar-refractivity contribution >= 4 is 5.91 Å². The molecule has 2 aromatic rings. The quantitative estimate of drug-likeness (QED) is 0.896. The topological polar surface area (TPSA) is 64.2 Å². The van der Waals surface area contributed by atoms with E-state index < -0.39 is 0 Å². The maximum atomic E-state index is 12.3. The van der Waals surface area contributed by atoms with E-state index in [1.807, 2.05) is 48.5 Å². The summed E-state index contributed by atoms with van der Waals surface area (Å²) in [6.07, 6.45) is 4.65. The average Bonchev–Trinajstić information content (AvgIpc) is 3.07. The largest absolute Gasteiger partial charge is 0.337 e. The van der Waals surface area contributed by atoms with Gasteiger partial charge in [0.2, 0.25) is 0 Å². The summed E-state index contributed by atoms with van der Waals surface area (Å²) in [5.41, 5.74) is 8.60. The molecular formula is C15H18N4O. The Bertz CT molecular complexity index is 617. The molecular weight excluding hydrogens is 252 g/mol. The van der Waals surface area contributed by atoms with Gasteiger partial charge in [-0.15, -0.1) is 0 Å². The van der Waals surface area contributed by atoms with Crippen LogP contribution in [0.25, 0.3) is 5.69 Å². The molecule has 0 bridgehead atoms. The van der Waals surface area contributed by atoms with Gasteiger partial charge < -0.3 is 10.6 Å². The van der Waals surface area contributed by atoms with E-state index in [1.165, 1.54) is 0 Å². The molecule has 1 amide bonds. The van der Waals surface area contributed by atoms with Crippen molar-refractivity contribution in [1.29, 1.82) is 0 Å². The molecule has 0 unspecified atom stereocenters. The summed E-state index contributed by atoms with van der Waals surface area (Å²) in [7, 11) is 0. The first-order chi connectivity index (χ1) is 9.63. The van der Waals surface area contributed by atoms with E-state index in [1.54, 1.807) is 4.68 Å². The van der Waals surface area contributed by atoms with Crippen LogP contribution in [0.2, 0.25) is 0 Å². The van der Waals surface area contributed by atoms with Crippen molar-refractivity contribution < 1.29 is 4.79 Å². The van der Waals surface area contributed by atoms with Crippen LogP contribution in [0.1, 0.15) is 22.3 Å². The third-order valence-corrected chi connectivity index (χ3v) is 3.60. The molecule has 0 radical (unpaired) electrons. The molecule has 1 aliphatic heterocycles. The lowest BCUT2D eigenvalue weighted by Gasteiger charge is -2.15. The van der Waals surface area contributed by atoms with Crippen molar-refractivity contribution in [2.24, 2.45) is 5.73 Å². The van der Waals surface area contributed by atoms with Crippen LogP contribution in [0.5, 0.6) is 0 Å². The number of nitrogens with zero attached hydrogens (tertiary/aromatic N) is 3. The fraction of sp³-hybridized carbons (Fsp3) is 0.333. The van der Waals surface area contributed by atoms with Crippen molar-refractivity contribution in [3.05, 3.63) is 47.8 Å². The summed E-state index contributed by atoms with van der Waals surface area (Å²) >= 11 is 0. The molecule has 1 saturated heterocycles. The van der Waals surface area contributed by atoms with Crippen LogP contribution in [0.4, 0.5) is 0 Å². The SMILES string of the molecule is Cc1cnn(-c2ccc(C(=O)N3CC[C@@H](N)C3)cc2)c1. The second kappa shape index (κ2) is 5.09. The molecule has 0 aliphatic carbocycles. The van der Waals surface area contributed by atoms with Crippen molar-refractivity contribution in [3.63, 3.8) is 0 Å². The van der Waals surface area contributed by atoms with Gasteiger partial charge in [-0.2, -0.15) is 5.10 Å². The molecule has 1 aromatic carbocycles. The van der Waals surface area contributed by atoms with E-state index in [2.05, 4.69) is 5.10 Å². The monoisotopic (exact) mass is 270 g/mol. The Kier molecular flexibility index (Phi) is 3.28. The zero-order valence-electron chi connectivity index (χ0n) is 11.5. The molecule has 2 N–H and O–H groups in total. The van der Waals surface area contributed by atoms with Crippen LogP contribution < -0.4 is 5.73 Å². The molecule has 1 aromatic heterocycles. The van der Waals surface area contributed by atoms with Crippen molar-refractivity contribution in [2.75, 3.05) is 13.1 Å². The highest BCUT2D eigenvalue weighted by Crippen LogP contribution is 2.15. The Balaban J connectivity index is 1.77. The summed E-state index contributed by atoms with van der Waals surface area (Å²) in [5.74, 6) is 0.0566. The highest BCUT2D eigenvalue weighted by Gasteiger charge is 2.24. The number of carbonyl (C=O) groups is 1. The number of hydrogen-bond acceptors (Lipinski definition) is 3. The van der Waals surface area contributed by atoms with E-state index in [-0.39, 0.29) is 11.9 Å². The lowest BCUT2D eigenvalue weighted by Crippen LogP contribution is -2.31. The Labute approximate surface area is 118 Å². The van der Waals surface area contributed by atoms with Gasteiger partial charge in [-0.3, -0.25) is 4.79 Å². The number of nitrogens with two attached hydrogens (primary N) is 1. The molecule has 5 nitrogen and oxygen atoms in total. The molecule has 1 aliphatic rings. The van der Waals surface area contributed by atoms with Crippen LogP contribution in [0.3, 0.4) is 0 Å². The Morgan fingerprint density at radius 1 is 1.35 bits per heavy atom. The predicted molar refractivity (Wildman–Crippen MR) is 76.8 cm³/mol. The lowest BCUT2D eigenvalue weighted by atomic mass is 10.2. The predicted octanol–water partition coefficient (Wildman–Crippen LogP) is 1.35. The number of amides is 1. The third-order valence-electron chi connectivity index (χ3n) is 3.60. The minimum atomic E-state index is 0.0566. The summed E-state index contributed by atoms with van der Waals surface area (Å²) < 4.78 is 1.80. The van der Waals surface area contributed by atoms with Crippen LogP contribution in [0, 0.1) is 6.92 Å². The number of rotatable bonds is 2. The summed E-state index contributed by atoms with van der Waals surface area (Å²) in [5, 5.41) is 4.25. The van der Waals surface area contributed by atoms with Gasteiger partial charge >= 0.3 is 0 Å². The van der Waals surface area contributed by atoms with Crippen LogP contribution in [-0.2, 0) is 0 Å². The van der Waals surface area contributed by atoms with Gasteiger partial charge in [0.05, 0.1) is 11.9 Å². The average molecular weight is 270 g/mol. The molecule has 5 heteroatoms. The smallest absolute Gasteiger partial charge is 0.253 e. The zero-order chi connectivity index (χ0) is 14.1. The number of carbonyl (C=O) groups excluding carboxylic acids is 1. The van der Waals surface area contributed by atoms with E-state index in [9.17, 15) is 4.79 Å². The highest BCUT2D eigenvalue weighted by atomic mass is 16.2. The maximum Gasteiger partial charge on any atom is 0.253 e. The third kappa shape index (κ3) is 2.44.